The second-order valence-electron chi connectivity index (χ2n) is 6.29. The first kappa shape index (κ1) is 17.2. The number of hydrogen-bond donors (Lipinski definition) is 1. The number of hydrogen-bond acceptors (Lipinski definition) is 4. The second kappa shape index (κ2) is 7.51. The lowest BCUT2D eigenvalue weighted by atomic mass is 10.1. The van der Waals surface area contributed by atoms with Crippen molar-refractivity contribution in [2.45, 2.75) is 13.0 Å². The Hall–Kier alpha value is -1.63. The van der Waals surface area contributed by atoms with E-state index < -0.39 is 0 Å². The number of carbonyl (C=O) groups is 2. The molecule has 1 atom stereocenters. The highest BCUT2D eigenvalue weighted by molar-refractivity contribution is 6.31. The predicted molar refractivity (Wildman–Crippen MR) is 93.0 cm³/mol. The Morgan fingerprint density at radius 1 is 1.21 bits per heavy atom. The van der Waals surface area contributed by atoms with Crippen molar-refractivity contribution >= 4 is 23.5 Å². The predicted octanol–water partition coefficient (Wildman–Crippen LogP) is 1.57. The van der Waals surface area contributed by atoms with Crippen LogP contribution >= 0.6 is 11.6 Å². The summed E-state index contributed by atoms with van der Waals surface area (Å²) < 4.78 is 0. The van der Waals surface area contributed by atoms with Crippen LogP contribution in [-0.2, 0) is 4.79 Å². The largest absolute Gasteiger partial charge is 0.336 e. The van der Waals surface area contributed by atoms with Gasteiger partial charge in [-0.1, -0.05) is 29.8 Å². The standard InChI is InChI=1S/C17H23ClN4O2/c1-13(14-4-2-3-5-15(14)18)21-10-8-20(9-11-21)12-16(23)22-7-6-19-17(22)24/h2-5,13H,6-12H2,1H3,(H,19,24)/t13-/m0/s1. The molecule has 0 aromatic heterocycles. The molecule has 3 amide bonds. The van der Waals surface area contributed by atoms with Crippen LogP contribution in [0.2, 0.25) is 5.02 Å². The lowest BCUT2D eigenvalue weighted by Gasteiger charge is -2.38. The number of benzene rings is 1. The summed E-state index contributed by atoms with van der Waals surface area (Å²) in [7, 11) is 0. The second-order valence-corrected chi connectivity index (χ2v) is 6.69. The fraction of sp³-hybridized carbons (Fsp3) is 0.529. The van der Waals surface area contributed by atoms with Gasteiger partial charge in [-0.15, -0.1) is 0 Å². The number of nitrogens with one attached hydrogen (secondary N) is 1. The number of halogens is 1. The lowest BCUT2D eigenvalue weighted by Crippen LogP contribution is -2.50. The highest BCUT2D eigenvalue weighted by Gasteiger charge is 2.29. The monoisotopic (exact) mass is 350 g/mol. The average Bonchev–Trinajstić information content (AvgIpc) is 3.01. The van der Waals surface area contributed by atoms with Crippen LogP contribution in [0, 0.1) is 0 Å². The molecule has 0 spiro atoms. The van der Waals surface area contributed by atoms with Crippen molar-refractivity contribution in [3.05, 3.63) is 34.9 Å². The molecule has 0 unspecified atom stereocenters. The van der Waals surface area contributed by atoms with Crippen molar-refractivity contribution in [3.63, 3.8) is 0 Å². The van der Waals surface area contributed by atoms with Crippen LogP contribution in [0.3, 0.4) is 0 Å². The Balaban J connectivity index is 1.51. The summed E-state index contributed by atoms with van der Waals surface area (Å²) in [5.74, 6) is -0.113. The number of urea groups is 1. The topological polar surface area (TPSA) is 55.9 Å². The van der Waals surface area contributed by atoms with Gasteiger partial charge in [0.1, 0.15) is 0 Å². The van der Waals surface area contributed by atoms with Crippen molar-refractivity contribution in [2.75, 3.05) is 45.8 Å². The number of nitrogens with zero attached hydrogens (tertiary/aromatic N) is 3. The molecule has 2 saturated heterocycles. The molecule has 2 aliphatic heterocycles. The van der Waals surface area contributed by atoms with Crippen LogP contribution in [0.4, 0.5) is 4.79 Å². The van der Waals surface area contributed by atoms with Crippen molar-refractivity contribution in [1.82, 2.24) is 20.0 Å². The summed E-state index contributed by atoms with van der Waals surface area (Å²) in [6.07, 6.45) is 0. The minimum atomic E-state index is -0.272. The summed E-state index contributed by atoms with van der Waals surface area (Å²) in [5, 5.41) is 3.45. The van der Waals surface area contributed by atoms with E-state index in [1.165, 1.54) is 4.90 Å². The SMILES string of the molecule is C[C@@H](c1ccccc1Cl)N1CCN(CC(=O)N2CCNC2=O)CC1. The Bertz CT molecular complexity index is 616. The molecule has 0 radical (unpaired) electrons. The van der Waals surface area contributed by atoms with Crippen molar-refractivity contribution in [2.24, 2.45) is 0 Å². The van der Waals surface area contributed by atoms with E-state index in [-0.39, 0.29) is 18.0 Å². The van der Waals surface area contributed by atoms with E-state index in [0.717, 1.165) is 36.8 Å². The molecule has 1 aromatic carbocycles. The molecule has 2 fully saturated rings. The maximum absolute atomic E-state index is 12.2. The Kier molecular flexibility index (Phi) is 5.38. The molecule has 2 heterocycles. The smallest absolute Gasteiger partial charge is 0.324 e. The first-order valence-corrected chi connectivity index (χ1v) is 8.73. The van der Waals surface area contributed by atoms with E-state index in [4.69, 9.17) is 11.6 Å². The highest BCUT2D eigenvalue weighted by atomic mass is 35.5. The molecular formula is C17H23ClN4O2. The number of amides is 3. The fourth-order valence-corrected chi connectivity index (χ4v) is 3.60. The minimum Gasteiger partial charge on any atom is -0.336 e. The van der Waals surface area contributed by atoms with Gasteiger partial charge in [-0.25, -0.2) is 4.79 Å². The van der Waals surface area contributed by atoms with Gasteiger partial charge < -0.3 is 5.32 Å². The zero-order valence-corrected chi connectivity index (χ0v) is 14.6. The van der Waals surface area contributed by atoms with Crippen molar-refractivity contribution < 1.29 is 9.59 Å². The molecule has 24 heavy (non-hydrogen) atoms. The third-order valence-corrected chi connectivity index (χ3v) is 5.17. The fourth-order valence-electron chi connectivity index (χ4n) is 3.31. The maximum atomic E-state index is 12.2. The maximum Gasteiger partial charge on any atom is 0.324 e. The van der Waals surface area contributed by atoms with Gasteiger partial charge in [-0.3, -0.25) is 19.5 Å². The number of rotatable bonds is 4. The summed E-state index contributed by atoms with van der Waals surface area (Å²) in [6, 6.07) is 7.91. The van der Waals surface area contributed by atoms with Gasteiger partial charge in [-0.05, 0) is 18.6 Å². The summed E-state index contributed by atoms with van der Waals surface area (Å²) in [5.41, 5.74) is 1.14. The van der Waals surface area contributed by atoms with Crippen LogP contribution in [0.5, 0.6) is 0 Å². The van der Waals surface area contributed by atoms with Gasteiger partial charge in [0, 0.05) is 50.3 Å². The van der Waals surface area contributed by atoms with Crippen LogP contribution in [0.25, 0.3) is 0 Å². The summed E-state index contributed by atoms with van der Waals surface area (Å²) in [6.45, 7) is 6.89. The third-order valence-electron chi connectivity index (χ3n) is 4.83. The number of carbonyl (C=O) groups excluding carboxylic acids is 2. The number of piperazine rings is 1. The van der Waals surface area contributed by atoms with Gasteiger partial charge >= 0.3 is 6.03 Å². The average molecular weight is 351 g/mol. The van der Waals surface area contributed by atoms with Gasteiger partial charge in [0.05, 0.1) is 6.54 Å². The molecule has 2 aliphatic rings. The van der Waals surface area contributed by atoms with E-state index in [1.54, 1.807) is 0 Å². The molecule has 7 heteroatoms. The Morgan fingerprint density at radius 2 is 1.92 bits per heavy atom. The van der Waals surface area contributed by atoms with Crippen LogP contribution in [0.15, 0.2) is 24.3 Å². The van der Waals surface area contributed by atoms with E-state index in [2.05, 4.69) is 28.1 Å². The zero-order valence-electron chi connectivity index (χ0n) is 13.9. The van der Waals surface area contributed by atoms with Crippen LogP contribution < -0.4 is 5.32 Å². The molecule has 3 rings (SSSR count). The van der Waals surface area contributed by atoms with Crippen molar-refractivity contribution in [1.29, 1.82) is 0 Å². The Morgan fingerprint density at radius 3 is 2.54 bits per heavy atom. The van der Waals surface area contributed by atoms with Gasteiger partial charge in [0.2, 0.25) is 5.91 Å². The molecule has 0 bridgehead atoms. The first-order chi connectivity index (χ1) is 11.6. The lowest BCUT2D eigenvalue weighted by molar-refractivity contribution is -0.129. The summed E-state index contributed by atoms with van der Waals surface area (Å²) >= 11 is 6.30. The first-order valence-electron chi connectivity index (χ1n) is 8.35. The van der Waals surface area contributed by atoms with Crippen LogP contribution in [0.1, 0.15) is 18.5 Å². The van der Waals surface area contributed by atoms with E-state index in [9.17, 15) is 9.59 Å². The van der Waals surface area contributed by atoms with E-state index in [1.807, 2.05) is 18.2 Å². The zero-order chi connectivity index (χ0) is 17.1. The molecule has 6 nitrogen and oxygen atoms in total. The third kappa shape index (κ3) is 3.71. The molecule has 130 valence electrons. The molecule has 1 aromatic rings. The highest BCUT2D eigenvalue weighted by Crippen LogP contribution is 2.27. The van der Waals surface area contributed by atoms with Gasteiger partial charge in [0.25, 0.3) is 0 Å². The van der Waals surface area contributed by atoms with Crippen LogP contribution in [-0.4, -0.2) is 72.5 Å². The van der Waals surface area contributed by atoms with E-state index >= 15 is 0 Å². The minimum absolute atomic E-state index is 0.113. The quantitative estimate of drug-likeness (QED) is 0.895. The normalized spacial score (nSPS) is 20.9. The molecular weight excluding hydrogens is 328 g/mol. The molecule has 0 saturated carbocycles. The van der Waals surface area contributed by atoms with Gasteiger partial charge in [0.15, 0.2) is 0 Å². The molecule has 0 aliphatic carbocycles. The van der Waals surface area contributed by atoms with Crippen molar-refractivity contribution in [3.8, 4) is 0 Å². The van der Waals surface area contributed by atoms with Gasteiger partial charge in [-0.2, -0.15) is 0 Å². The number of imide groups is 1. The van der Waals surface area contributed by atoms with E-state index in [0.29, 0.717) is 19.6 Å². The molecule has 1 N–H and O–H groups in total. The Labute approximate surface area is 147 Å². The summed E-state index contributed by atoms with van der Waals surface area (Å²) in [4.78, 5) is 29.5.